The number of carbonyl (C=O) groups excluding carboxylic acids is 2. The number of halogens is 1. The Hall–Kier alpha value is -3.48. The molecular weight excluding hydrogens is 351 g/mol. The minimum atomic E-state index is -1.42. The Morgan fingerprint density at radius 3 is 2.56 bits per heavy atom. The molecule has 0 bridgehead atoms. The number of nitrogens with zero attached hydrogens (tertiary/aromatic N) is 1. The zero-order valence-electron chi connectivity index (χ0n) is 14.5. The first-order valence-electron chi connectivity index (χ1n) is 8.24. The summed E-state index contributed by atoms with van der Waals surface area (Å²) >= 11 is 0. The molecule has 1 aromatic carbocycles. The van der Waals surface area contributed by atoms with Crippen LogP contribution in [0.2, 0.25) is 0 Å². The third-order valence-electron chi connectivity index (χ3n) is 4.01. The highest BCUT2D eigenvalue weighted by molar-refractivity contribution is 6.11. The minimum Gasteiger partial charge on any atom is -0.467 e. The van der Waals surface area contributed by atoms with Crippen molar-refractivity contribution in [3.8, 4) is 0 Å². The molecule has 0 aliphatic rings. The first kappa shape index (κ1) is 18.3. The van der Waals surface area contributed by atoms with Gasteiger partial charge in [0.2, 0.25) is 0 Å². The quantitative estimate of drug-likeness (QED) is 0.536. The molecule has 1 N–H and O–H groups in total. The first-order valence-corrected chi connectivity index (χ1v) is 8.24. The number of aromatic nitrogens is 1. The van der Waals surface area contributed by atoms with E-state index in [4.69, 9.17) is 4.42 Å². The highest BCUT2D eigenvalue weighted by atomic mass is 19.1. The van der Waals surface area contributed by atoms with Gasteiger partial charge < -0.3 is 9.73 Å². The number of rotatable bonds is 6. The third-order valence-corrected chi connectivity index (χ3v) is 4.01. The van der Waals surface area contributed by atoms with Crippen molar-refractivity contribution >= 4 is 11.7 Å². The Kier molecular flexibility index (Phi) is 5.30. The summed E-state index contributed by atoms with van der Waals surface area (Å²) in [6.45, 7) is 1.82. The maximum atomic E-state index is 13.2. The van der Waals surface area contributed by atoms with Crippen molar-refractivity contribution in [2.75, 3.05) is 0 Å². The van der Waals surface area contributed by atoms with E-state index < -0.39 is 29.1 Å². The molecule has 0 saturated carbocycles. The number of ketones is 1. The fourth-order valence-electron chi connectivity index (χ4n) is 2.64. The highest BCUT2D eigenvalue weighted by Gasteiger charge is 2.30. The third kappa shape index (κ3) is 4.20. The zero-order valence-corrected chi connectivity index (χ0v) is 14.5. The Morgan fingerprint density at radius 1 is 1.15 bits per heavy atom. The van der Waals surface area contributed by atoms with E-state index in [2.05, 4.69) is 5.32 Å². The van der Waals surface area contributed by atoms with Gasteiger partial charge in [-0.2, -0.15) is 0 Å². The average molecular weight is 368 g/mol. The number of amides is 1. The number of nitrogens with one attached hydrogen (secondary N) is 1. The Balaban J connectivity index is 1.96. The van der Waals surface area contributed by atoms with Crippen molar-refractivity contribution in [3.05, 3.63) is 94.0 Å². The Morgan fingerprint density at radius 2 is 1.89 bits per heavy atom. The van der Waals surface area contributed by atoms with E-state index in [0.29, 0.717) is 11.3 Å². The van der Waals surface area contributed by atoms with Crippen LogP contribution in [-0.2, 0) is 11.3 Å². The van der Waals surface area contributed by atoms with E-state index >= 15 is 0 Å². The van der Waals surface area contributed by atoms with Crippen LogP contribution in [0.15, 0.2) is 70.2 Å². The molecule has 27 heavy (non-hydrogen) atoms. The molecular formula is C20H17FN2O4. The van der Waals surface area contributed by atoms with Crippen LogP contribution >= 0.6 is 0 Å². The lowest BCUT2D eigenvalue weighted by Gasteiger charge is -2.19. The van der Waals surface area contributed by atoms with Crippen molar-refractivity contribution in [2.45, 2.75) is 19.5 Å². The van der Waals surface area contributed by atoms with Gasteiger partial charge in [0.25, 0.3) is 11.5 Å². The minimum absolute atomic E-state index is 0.0690. The summed E-state index contributed by atoms with van der Waals surface area (Å²) in [7, 11) is 0. The van der Waals surface area contributed by atoms with Crippen LogP contribution in [0.1, 0.15) is 27.7 Å². The standard InChI is InChI=1S/C20H17FN2O4/c1-13-4-9-17(24)23(12-13)18(19(25)14-5-7-15(21)8-6-14)20(26)22-11-16-3-2-10-27-16/h2-10,12,18H,11H2,1H3,(H,22,26)/t18-/m0/s1. The molecule has 3 rings (SSSR count). The van der Waals surface area contributed by atoms with Crippen molar-refractivity contribution in [1.82, 2.24) is 9.88 Å². The number of Topliss-reactive ketones (excluding diaryl/α,β-unsaturated/α-hetero) is 1. The molecule has 0 aliphatic carbocycles. The van der Waals surface area contributed by atoms with Gasteiger partial charge in [-0.3, -0.25) is 19.0 Å². The molecule has 1 atom stereocenters. The van der Waals surface area contributed by atoms with Crippen molar-refractivity contribution in [1.29, 1.82) is 0 Å². The predicted molar refractivity (Wildman–Crippen MR) is 95.8 cm³/mol. The van der Waals surface area contributed by atoms with Crippen LogP contribution in [0, 0.1) is 12.7 Å². The molecule has 1 amide bonds. The summed E-state index contributed by atoms with van der Waals surface area (Å²) in [5.74, 6) is -1.26. The van der Waals surface area contributed by atoms with Gasteiger partial charge in [0, 0.05) is 17.8 Å². The van der Waals surface area contributed by atoms with E-state index in [1.165, 1.54) is 30.7 Å². The first-order chi connectivity index (χ1) is 13.0. The molecule has 0 fully saturated rings. The van der Waals surface area contributed by atoms with E-state index in [1.807, 2.05) is 0 Å². The molecule has 3 aromatic rings. The van der Waals surface area contributed by atoms with Crippen LogP contribution in [0.25, 0.3) is 0 Å². The van der Waals surface area contributed by atoms with Gasteiger partial charge in [0.15, 0.2) is 11.8 Å². The van der Waals surface area contributed by atoms with Crippen molar-refractivity contribution in [2.24, 2.45) is 0 Å². The molecule has 0 saturated heterocycles. The van der Waals surface area contributed by atoms with Gasteiger partial charge in [-0.1, -0.05) is 6.07 Å². The molecule has 6 nitrogen and oxygen atoms in total. The number of carbonyl (C=O) groups is 2. The summed E-state index contributed by atoms with van der Waals surface area (Å²) in [5, 5.41) is 2.61. The van der Waals surface area contributed by atoms with E-state index in [-0.39, 0.29) is 12.1 Å². The molecule has 2 heterocycles. The topological polar surface area (TPSA) is 81.3 Å². The average Bonchev–Trinajstić information content (AvgIpc) is 3.17. The van der Waals surface area contributed by atoms with Gasteiger partial charge >= 0.3 is 0 Å². The van der Waals surface area contributed by atoms with Crippen LogP contribution in [-0.4, -0.2) is 16.3 Å². The van der Waals surface area contributed by atoms with Crippen LogP contribution in [0.3, 0.4) is 0 Å². The lowest BCUT2D eigenvalue weighted by Crippen LogP contribution is -2.41. The lowest BCUT2D eigenvalue weighted by molar-refractivity contribution is -0.123. The Bertz CT molecular complexity index is 1010. The fraction of sp³-hybridized carbons (Fsp3) is 0.150. The van der Waals surface area contributed by atoms with Crippen molar-refractivity contribution < 1.29 is 18.4 Å². The number of aryl methyl sites for hydroxylation is 1. The Labute approximate surface area is 154 Å². The number of hydrogen-bond acceptors (Lipinski definition) is 4. The maximum Gasteiger partial charge on any atom is 0.251 e. The van der Waals surface area contributed by atoms with Gasteiger partial charge in [-0.15, -0.1) is 0 Å². The smallest absolute Gasteiger partial charge is 0.251 e. The molecule has 138 valence electrons. The van der Waals surface area contributed by atoms with Gasteiger partial charge in [-0.05, 0) is 48.9 Å². The van der Waals surface area contributed by atoms with E-state index in [0.717, 1.165) is 16.7 Å². The molecule has 7 heteroatoms. The summed E-state index contributed by atoms with van der Waals surface area (Å²) in [4.78, 5) is 38.0. The van der Waals surface area contributed by atoms with E-state index in [9.17, 15) is 18.8 Å². The molecule has 2 aromatic heterocycles. The normalized spacial score (nSPS) is 11.8. The SMILES string of the molecule is Cc1ccc(=O)n([C@H](C(=O)NCc2ccco2)C(=O)c2ccc(F)cc2)c1. The highest BCUT2D eigenvalue weighted by Crippen LogP contribution is 2.16. The lowest BCUT2D eigenvalue weighted by atomic mass is 10.0. The monoisotopic (exact) mass is 368 g/mol. The summed E-state index contributed by atoms with van der Waals surface area (Å²) in [6, 6.07) is 9.64. The van der Waals surface area contributed by atoms with Crippen LogP contribution < -0.4 is 10.9 Å². The second-order valence-electron chi connectivity index (χ2n) is 6.02. The van der Waals surface area contributed by atoms with Gasteiger partial charge in [0.1, 0.15) is 11.6 Å². The maximum absolute atomic E-state index is 13.2. The molecule has 0 radical (unpaired) electrons. The molecule has 0 spiro atoms. The second-order valence-corrected chi connectivity index (χ2v) is 6.02. The number of furan rings is 1. The predicted octanol–water partition coefficient (Wildman–Crippen LogP) is 2.63. The van der Waals surface area contributed by atoms with E-state index in [1.54, 1.807) is 25.1 Å². The van der Waals surface area contributed by atoms with Crippen LogP contribution in [0.4, 0.5) is 4.39 Å². The largest absolute Gasteiger partial charge is 0.467 e. The zero-order chi connectivity index (χ0) is 19.4. The summed E-state index contributed by atoms with van der Waals surface area (Å²) in [5.41, 5.74) is 0.350. The van der Waals surface area contributed by atoms with Gasteiger partial charge in [0.05, 0.1) is 12.8 Å². The second kappa shape index (κ2) is 7.82. The number of hydrogen-bond donors (Lipinski definition) is 1. The summed E-state index contributed by atoms with van der Waals surface area (Å²) < 4.78 is 19.4. The van der Waals surface area contributed by atoms with Crippen LogP contribution in [0.5, 0.6) is 0 Å². The molecule has 0 aliphatic heterocycles. The van der Waals surface area contributed by atoms with Gasteiger partial charge in [-0.25, -0.2) is 4.39 Å². The fourth-order valence-corrected chi connectivity index (χ4v) is 2.64. The summed E-state index contributed by atoms with van der Waals surface area (Å²) in [6.07, 6.45) is 2.91. The number of benzene rings is 1. The van der Waals surface area contributed by atoms with Crippen molar-refractivity contribution in [3.63, 3.8) is 0 Å². The molecule has 0 unspecified atom stereocenters. The number of pyridine rings is 1.